The van der Waals surface area contributed by atoms with Gasteiger partial charge in [-0.1, -0.05) is 54.1 Å². The smallest absolute Gasteiger partial charge is 0.334 e. The maximum Gasteiger partial charge on any atom is 0.334 e. The summed E-state index contributed by atoms with van der Waals surface area (Å²) in [5.74, 6) is -2.94. The monoisotopic (exact) mass is 514 g/mol. The van der Waals surface area contributed by atoms with Crippen molar-refractivity contribution in [2.45, 2.75) is 24.5 Å². The molecule has 2 heterocycles. The molecule has 8 nitrogen and oxygen atoms in total. The van der Waals surface area contributed by atoms with E-state index in [0.717, 1.165) is 5.56 Å². The number of carboxylic acids is 1. The normalized spacial score (nSPS) is 19.9. The zero-order valence-corrected chi connectivity index (χ0v) is 20.8. The van der Waals surface area contributed by atoms with Crippen molar-refractivity contribution in [1.29, 1.82) is 0 Å². The Morgan fingerprint density at radius 3 is 2.18 bits per heavy atom. The molecule has 2 N–H and O–H groups in total. The fourth-order valence-corrected chi connectivity index (χ4v) is 5.02. The molecule has 38 heavy (non-hydrogen) atoms. The minimum atomic E-state index is -2.17. The summed E-state index contributed by atoms with van der Waals surface area (Å²) in [6.07, 6.45) is 2.58. The van der Waals surface area contributed by atoms with E-state index in [1.54, 1.807) is 48.5 Å². The molecule has 0 fully saturated rings. The van der Waals surface area contributed by atoms with Crippen LogP contribution in [0.15, 0.2) is 96.5 Å². The molecule has 0 spiro atoms. The number of methoxy groups -OCH3 is 1. The SMILES string of the molecule is COc1ccc(C2(O)OC(=O)C=C2C(C2=COCO2)(c2ccc(C)cc2)c2ccc(CC(=O)O)cc2)cc1. The van der Waals surface area contributed by atoms with Crippen molar-refractivity contribution in [2.24, 2.45) is 0 Å². The Labute approximate surface area is 219 Å². The first-order valence-corrected chi connectivity index (χ1v) is 11.9. The number of ether oxygens (including phenoxy) is 4. The highest BCUT2D eigenvalue weighted by Crippen LogP contribution is 2.55. The summed E-state index contributed by atoms with van der Waals surface area (Å²) in [4.78, 5) is 24.2. The van der Waals surface area contributed by atoms with Crippen LogP contribution in [-0.4, -0.2) is 36.1 Å². The van der Waals surface area contributed by atoms with Crippen LogP contribution in [0.25, 0.3) is 0 Å². The summed E-state index contributed by atoms with van der Waals surface area (Å²) < 4.78 is 22.3. The second kappa shape index (κ2) is 9.72. The largest absolute Gasteiger partial charge is 0.497 e. The molecule has 8 heteroatoms. The summed E-state index contributed by atoms with van der Waals surface area (Å²) in [7, 11) is 1.53. The minimum absolute atomic E-state index is 0.0525. The molecule has 194 valence electrons. The van der Waals surface area contributed by atoms with Gasteiger partial charge in [0.15, 0.2) is 5.76 Å². The molecule has 0 aromatic heterocycles. The van der Waals surface area contributed by atoms with Gasteiger partial charge in [0.25, 0.3) is 5.79 Å². The Kier molecular flexibility index (Phi) is 6.42. The molecule has 0 radical (unpaired) electrons. The maximum absolute atomic E-state index is 12.9. The molecule has 5 rings (SSSR count). The number of allylic oxidation sites excluding steroid dienone is 1. The summed E-state index contributed by atoms with van der Waals surface area (Å²) in [5.41, 5.74) is 2.05. The summed E-state index contributed by atoms with van der Waals surface area (Å²) in [6.45, 7) is 1.90. The molecule has 2 aliphatic rings. The third kappa shape index (κ3) is 4.18. The third-order valence-corrected chi connectivity index (χ3v) is 6.83. The van der Waals surface area contributed by atoms with Gasteiger partial charge in [-0.15, -0.1) is 0 Å². The fourth-order valence-electron chi connectivity index (χ4n) is 5.02. The average molecular weight is 515 g/mol. The maximum atomic E-state index is 12.9. The lowest BCUT2D eigenvalue weighted by atomic mass is 9.64. The van der Waals surface area contributed by atoms with Crippen molar-refractivity contribution in [3.63, 3.8) is 0 Å². The second-order valence-electron chi connectivity index (χ2n) is 9.15. The number of hydrogen-bond acceptors (Lipinski definition) is 7. The van der Waals surface area contributed by atoms with Gasteiger partial charge in [0.05, 0.1) is 13.5 Å². The highest BCUT2D eigenvalue weighted by Gasteiger charge is 2.58. The summed E-state index contributed by atoms with van der Waals surface area (Å²) in [5, 5.41) is 21.4. The molecule has 2 unspecified atom stereocenters. The van der Waals surface area contributed by atoms with E-state index in [1.807, 2.05) is 31.2 Å². The number of hydrogen-bond donors (Lipinski definition) is 2. The highest BCUT2D eigenvalue weighted by molar-refractivity contribution is 5.88. The number of carbonyl (C=O) groups is 2. The molecule has 3 aromatic carbocycles. The molecular weight excluding hydrogens is 488 g/mol. The third-order valence-electron chi connectivity index (χ3n) is 6.83. The number of carbonyl (C=O) groups excluding carboxylic acids is 1. The van der Waals surface area contributed by atoms with Gasteiger partial charge < -0.3 is 29.2 Å². The average Bonchev–Trinajstić information content (AvgIpc) is 3.55. The Morgan fingerprint density at radius 2 is 1.63 bits per heavy atom. The molecule has 0 bridgehead atoms. The Morgan fingerprint density at radius 1 is 1.00 bits per heavy atom. The Bertz CT molecular complexity index is 1420. The lowest BCUT2D eigenvalue weighted by molar-refractivity contribution is -0.187. The van der Waals surface area contributed by atoms with Gasteiger partial charge in [-0.3, -0.25) is 4.79 Å². The Balaban J connectivity index is 1.80. The van der Waals surface area contributed by atoms with Crippen LogP contribution >= 0.6 is 0 Å². The van der Waals surface area contributed by atoms with Gasteiger partial charge in [-0.25, -0.2) is 4.79 Å². The lowest BCUT2D eigenvalue weighted by Crippen LogP contribution is -2.43. The van der Waals surface area contributed by atoms with E-state index < -0.39 is 23.1 Å². The molecule has 2 aliphatic heterocycles. The second-order valence-corrected chi connectivity index (χ2v) is 9.15. The van der Waals surface area contributed by atoms with E-state index in [0.29, 0.717) is 33.8 Å². The van der Waals surface area contributed by atoms with Crippen LogP contribution in [0.3, 0.4) is 0 Å². The number of rotatable bonds is 8. The highest BCUT2D eigenvalue weighted by atomic mass is 16.7. The van der Waals surface area contributed by atoms with Crippen LogP contribution in [0, 0.1) is 6.92 Å². The van der Waals surface area contributed by atoms with Crippen LogP contribution in [0.2, 0.25) is 0 Å². The number of aryl methyl sites for hydroxylation is 1. The zero-order valence-electron chi connectivity index (χ0n) is 20.8. The molecule has 0 amide bonds. The van der Waals surface area contributed by atoms with Gasteiger partial charge in [0.1, 0.15) is 17.4 Å². The van der Waals surface area contributed by atoms with E-state index in [1.165, 1.54) is 19.4 Å². The molecule has 0 saturated carbocycles. The molecule has 3 aromatic rings. The van der Waals surface area contributed by atoms with Crippen molar-refractivity contribution in [1.82, 2.24) is 0 Å². The van der Waals surface area contributed by atoms with Crippen LogP contribution in [-0.2, 0) is 41.4 Å². The number of aliphatic carboxylic acids is 1. The van der Waals surface area contributed by atoms with E-state index in [2.05, 4.69) is 0 Å². The first-order chi connectivity index (χ1) is 18.3. The number of carboxylic acid groups (broad SMARTS) is 1. The van der Waals surface area contributed by atoms with Crippen LogP contribution in [0.1, 0.15) is 27.8 Å². The molecule has 0 aliphatic carbocycles. The van der Waals surface area contributed by atoms with Gasteiger partial charge in [0, 0.05) is 17.2 Å². The van der Waals surface area contributed by atoms with Gasteiger partial charge in [-0.2, -0.15) is 0 Å². The Hall–Kier alpha value is -4.56. The van der Waals surface area contributed by atoms with Crippen molar-refractivity contribution >= 4 is 11.9 Å². The number of aliphatic hydroxyl groups is 1. The first kappa shape index (κ1) is 25.1. The number of esters is 1. The first-order valence-electron chi connectivity index (χ1n) is 11.9. The van der Waals surface area contributed by atoms with Crippen molar-refractivity contribution in [2.75, 3.05) is 13.9 Å². The summed E-state index contributed by atoms with van der Waals surface area (Å²) in [6, 6.07) is 21.1. The minimum Gasteiger partial charge on any atom is -0.497 e. The molecular formula is C30H26O8. The lowest BCUT2D eigenvalue weighted by Gasteiger charge is -2.41. The standard InChI is InChI=1S/C30H26O8/c1-19-3-7-21(8-4-19)29(26-17-36-18-37-26,22-9-5-20(6-10-22)15-27(31)32)25-16-28(33)38-30(25,34)23-11-13-24(35-2)14-12-23/h3-14,16-17,34H,15,18H2,1-2H3,(H,31,32). The quantitative estimate of drug-likeness (QED) is 0.433. The van der Waals surface area contributed by atoms with Crippen LogP contribution in [0.4, 0.5) is 0 Å². The van der Waals surface area contributed by atoms with Gasteiger partial charge >= 0.3 is 11.9 Å². The van der Waals surface area contributed by atoms with Crippen molar-refractivity contribution in [3.8, 4) is 5.75 Å². The van der Waals surface area contributed by atoms with E-state index in [-0.39, 0.29) is 18.8 Å². The molecule has 2 atom stereocenters. The predicted octanol–water partition coefficient (Wildman–Crippen LogP) is 4.09. The zero-order chi connectivity index (χ0) is 26.9. The topological polar surface area (TPSA) is 112 Å². The van der Waals surface area contributed by atoms with Crippen LogP contribution in [0.5, 0.6) is 5.75 Å². The van der Waals surface area contributed by atoms with Crippen molar-refractivity contribution in [3.05, 3.63) is 124 Å². The van der Waals surface area contributed by atoms with Gasteiger partial charge in [-0.05, 0) is 47.9 Å². The van der Waals surface area contributed by atoms with E-state index >= 15 is 0 Å². The van der Waals surface area contributed by atoms with Gasteiger partial charge in [0.2, 0.25) is 6.79 Å². The summed E-state index contributed by atoms with van der Waals surface area (Å²) >= 11 is 0. The van der Waals surface area contributed by atoms with Crippen molar-refractivity contribution < 1.29 is 38.7 Å². The molecule has 0 saturated heterocycles. The van der Waals surface area contributed by atoms with E-state index in [9.17, 15) is 19.8 Å². The fraction of sp³-hybridized carbons (Fsp3) is 0.200. The van der Waals surface area contributed by atoms with Crippen LogP contribution < -0.4 is 4.74 Å². The van der Waals surface area contributed by atoms with E-state index in [4.69, 9.17) is 18.9 Å². The predicted molar refractivity (Wildman–Crippen MR) is 136 cm³/mol. The number of benzene rings is 3. The number of cyclic esters (lactones) is 1.